The molecule has 0 saturated heterocycles. The zero-order valence-electron chi connectivity index (χ0n) is 12.4. The minimum absolute atomic E-state index is 0.145. The second-order valence-electron chi connectivity index (χ2n) is 4.98. The SMILES string of the molecule is O=C(COC(=O)c1ccc(F)cc1Br)c1ccc2c(c1)OCCO2. The van der Waals surface area contributed by atoms with Gasteiger partial charge in [0.25, 0.3) is 0 Å². The highest BCUT2D eigenvalue weighted by molar-refractivity contribution is 9.10. The smallest absolute Gasteiger partial charge is 0.339 e. The molecule has 2 aromatic rings. The van der Waals surface area contributed by atoms with Crippen molar-refractivity contribution in [1.82, 2.24) is 0 Å². The molecule has 0 radical (unpaired) electrons. The van der Waals surface area contributed by atoms with Crippen LogP contribution in [0.3, 0.4) is 0 Å². The van der Waals surface area contributed by atoms with Crippen LogP contribution in [0.25, 0.3) is 0 Å². The fourth-order valence-electron chi connectivity index (χ4n) is 2.16. The minimum atomic E-state index is -0.715. The molecule has 1 aliphatic rings. The van der Waals surface area contributed by atoms with Gasteiger partial charge in [-0.1, -0.05) is 0 Å². The van der Waals surface area contributed by atoms with Gasteiger partial charge in [0, 0.05) is 10.0 Å². The molecule has 3 rings (SSSR count). The van der Waals surface area contributed by atoms with E-state index in [1.165, 1.54) is 6.07 Å². The van der Waals surface area contributed by atoms with Crippen molar-refractivity contribution in [3.63, 3.8) is 0 Å². The van der Waals surface area contributed by atoms with E-state index in [9.17, 15) is 14.0 Å². The molecule has 1 aliphatic heterocycles. The standard InChI is InChI=1S/C17H12BrFO5/c18-13-8-11(19)2-3-12(13)17(21)24-9-14(20)10-1-4-15-16(7-10)23-6-5-22-15/h1-4,7-8H,5-6,9H2. The second kappa shape index (κ2) is 7.00. The van der Waals surface area contributed by atoms with Gasteiger partial charge in [-0.2, -0.15) is 0 Å². The molecule has 0 saturated carbocycles. The molecule has 0 aliphatic carbocycles. The van der Waals surface area contributed by atoms with Gasteiger partial charge < -0.3 is 14.2 Å². The number of carbonyl (C=O) groups is 2. The number of esters is 1. The number of Topliss-reactive ketones (excluding diaryl/α,β-unsaturated/α-hetero) is 1. The normalized spacial score (nSPS) is 12.6. The molecule has 0 aromatic heterocycles. The van der Waals surface area contributed by atoms with Gasteiger partial charge in [0.15, 0.2) is 23.9 Å². The summed E-state index contributed by atoms with van der Waals surface area (Å²) in [7, 11) is 0. The number of benzene rings is 2. The van der Waals surface area contributed by atoms with E-state index in [0.717, 1.165) is 12.1 Å². The van der Waals surface area contributed by atoms with Gasteiger partial charge >= 0.3 is 5.97 Å². The summed E-state index contributed by atoms with van der Waals surface area (Å²) in [4.78, 5) is 24.1. The molecular weight excluding hydrogens is 383 g/mol. The predicted octanol–water partition coefficient (Wildman–Crippen LogP) is 3.40. The average molecular weight is 395 g/mol. The van der Waals surface area contributed by atoms with Crippen molar-refractivity contribution in [2.75, 3.05) is 19.8 Å². The first kappa shape index (κ1) is 16.4. The quantitative estimate of drug-likeness (QED) is 0.587. The lowest BCUT2D eigenvalue weighted by molar-refractivity contribution is 0.0473. The Morgan fingerprint density at radius 2 is 1.83 bits per heavy atom. The first-order chi connectivity index (χ1) is 11.5. The van der Waals surface area contributed by atoms with Gasteiger partial charge in [0.05, 0.1) is 5.56 Å². The number of fused-ring (bicyclic) bond motifs is 1. The Kier molecular flexibility index (Phi) is 4.80. The van der Waals surface area contributed by atoms with Gasteiger partial charge in [-0.3, -0.25) is 4.79 Å². The van der Waals surface area contributed by atoms with E-state index in [4.69, 9.17) is 14.2 Å². The maximum atomic E-state index is 13.0. The lowest BCUT2D eigenvalue weighted by Gasteiger charge is -2.18. The summed E-state index contributed by atoms with van der Waals surface area (Å²) in [5.74, 6) is -0.512. The molecule has 0 fully saturated rings. The number of hydrogen-bond acceptors (Lipinski definition) is 5. The van der Waals surface area contributed by atoms with E-state index in [0.29, 0.717) is 30.3 Å². The van der Waals surface area contributed by atoms with E-state index in [-0.39, 0.29) is 15.8 Å². The largest absolute Gasteiger partial charge is 0.486 e. The average Bonchev–Trinajstić information content (AvgIpc) is 2.59. The van der Waals surface area contributed by atoms with Gasteiger partial charge in [0.1, 0.15) is 19.0 Å². The van der Waals surface area contributed by atoms with Gasteiger partial charge in [-0.25, -0.2) is 9.18 Å². The third-order valence-corrected chi connectivity index (χ3v) is 4.01. The van der Waals surface area contributed by atoms with Crippen molar-refractivity contribution in [2.24, 2.45) is 0 Å². The third kappa shape index (κ3) is 3.56. The second-order valence-corrected chi connectivity index (χ2v) is 5.84. The van der Waals surface area contributed by atoms with Crippen LogP contribution >= 0.6 is 15.9 Å². The molecule has 7 heteroatoms. The van der Waals surface area contributed by atoms with E-state index in [1.807, 2.05) is 0 Å². The Balaban J connectivity index is 1.66. The van der Waals surface area contributed by atoms with Crippen molar-refractivity contribution in [2.45, 2.75) is 0 Å². The first-order valence-corrected chi connectivity index (χ1v) is 7.89. The zero-order valence-corrected chi connectivity index (χ0v) is 14.0. The van der Waals surface area contributed by atoms with Gasteiger partial charge in [-0.05, 0) is 52.3 Å². The monoisotopic (exact) mass is 394 g/mol. The highest BCUT2D eigenvalue weighted by atomic mass is 79.9. The molecule has 2 aromatic carbocycles. The molecule has 1 heterocycles. The van der Waals surface area contributed by atoms with E-state index >= 15 is 0 Å². The maximum absolute atomic E-state index is 13.0. The third-order valence-electron chi connectivity index (χ3n) is 3.35. The van der Waals surface area contributed by atoms with Crippen molar-refractivity contribution >= 4 is 27.7 Å². The van der Waals surface area contributed by atoms with E-state index in [2.05, 4.69) is 15.9 Å². The van der Waals surface area contributed by atoms with Crippen molar-refractivity contribution < 1.29 is 28.2 Å². The summed E-state index contributed by atoms with van der Waals surface area (Å²) in [6.45, 7) is 0.449. The Bertz CT molecular complexity index is 806. The minimum Gasteiger partial charge on any atom is -0.486 e. The topological polar surface area (TPSA) is 61.8 Å². The van der Waals surface area contributed by atoms with E-state index < -0.39 is 18.4 Å². The van der Waals surface area contributed by atoms with Crippen molar-refractivity contribution in [3.8, 4) is 11.5 Å². The van der Waals surface area contributed by atoms with Crippen LogP contribution in [0.2, 0.25) is 0 Å². The van der Waals surface area contributed by atoms with E-state index in [1.54, 1.807) is 18.2 Å². The summed E-state index contributed by atoms with van der Waals surface area (Å²) in [5, 5.41) is 0. The van der Waals surface area contributed by atoms with Crippen LogP contribution in [-0.2, 0) is 4.74 Å². The highest BCUT2D eigenvalue weighted by Crippen LogP contribution is 2.30. The highest BCUT2D eigenvalue weighted by Gasteiger charge is 2.18. The summed E-state index contributed by atoms with van der Waals surface area (Å²) < 4.78 is 29.1. The molecule has 0 spiro atoms. The fraction of sp³-hybridized carbons (Fsp3) is 0.176. The Morgan fingerprint density at radius 3 is 2.58 bits per heavy atom. The van der Waals surface area contributed by atoms with Crippen molar-refractivity contribution in [3.05, 3.63) is 57.8 Å². The first-order valence-electron chi connectivity index (χ1n) is 7.09. The van der Waals surface area contributed by atoms with Crippen LogP contribution in [0.5, 0.6) is 11.5 Å². The zero-order chi connectivity index (χ0) is 17.1. The van der Waals surface area contributed by atoms with Crippen LogP contribution in [0, 0.1) is 5.82 Å². The van der Waals surface area contributed by atoms with Crippen LogP contribution in [0.1, 0.15) is 20.7 Å². The molecule has 0 atom stereocenters. The summed E-state index contributed by atoms with van der Waals surface area (Å²) in [6.07, 6.45) is 0. The molecule has 0 amide bonds. The van der Waals surface area contributed by atoms with Gasteiger partial charge in [-0.15, -0.1) is 0 Å². The Labute approximate surface area is 145 Å². The lowest BCUT2D eigenvalue weighted by atomic mass is 10.1. The molecule has 5 nitrogen and oxygen atoms in total. The molecule has 24 heavy (non-hydrogen) atoms. The number of hydrogen-bond donors (Lipinski definition) is 0. The van der Waals surface area contributed by atoms with Crippen LogP contribution in [-0.4, -0.2) is 31.6 Å². The maximum Gasteiger partial charge on any atom is 0.339 e. The molecule has 124 valence electrons. The number of ether oxygens (including phenoxy) is 3. The number of ketones is 1. The number of rotatable bonds is 4. The Hall–Kier alpha value is -2.41. The Morgan fingerprint density at radius 1 is 1.08 bits per heavy atom. The molecule has 0 bridgehead atoms. The summed E-state index contributed by atoms with van der Waals surface area (Å²) in [6, 6.07) is 8.36. The summed E-state index contributed by atoms with van der Waals surface area (Å²) >= 11 is 3.08. The number of carbonyl (C=O) groups excluding carboxylic acids is 2. The summed E-state index contributed by atoms with van der Waals surface area (Å²) in [5.41, 5.74) is 0.497. The number of halogens is 2. The van der Waals surface area contributed by atoms with Crippen LogP contribution < -0.4 is 9.47 Å². The van der Waals surface area contributed by atoms with Crippen LogP contribution in [0.4, 0.5) is 4.39 Å². The fourth-order valence-corrected chi connectivity index (χ4v) is 2.68. The van der Waals surface area contributed by atoms with Gasteiger partial charge in [0.2, 0.25) is 0 Å². The predicted molar refractivity (Wildman–Crippen MR) is 86.1 cm³/mol. The van der Waals surface area contributed by atoms with Crippen LogP contribution in [0.15, 0.2) is 40.9 Å². The van der Waals surface area contributed by atoms with Crippen molar-refractivity contribution in [1.29, 1.82) is 0 Å². The molecule has 0 N–H and O–H groups in total. The molecular formula is C17H12BrFO5. The molecule has 0 unspecified atom stereocenters. The lowest BCUT2D eigenvalue weighted by Crippen LogP contribution is -2.17.